The van der Waals surface area contributed by atoms with Crippen molar-refractivity contribution in [2.24, 2.45) is 0 Å². The minimum absolute atomic E-state index is 0.0165. The van der Waals surface area contributed by atoms with Crippen molar-refractivity contribution in [2.75, 3.05) is 13.2 Å². The smallest absolute Gasteiger partial charge is 0.305 e. The Kier molecular flexibility index (Phi) is 40.7. The lowest BCUT2D eigenvalue weighted by Crippen LogP contribution is -2.45. The van der Waals surface area contributed by atoms with Gasteiger partial charge in [-0.25, -0.2) is 0 Å². The van der Waals surface area contributed by atoms with Gasteiger partial charge in [0.05, 0.1) is 25.4 Å². The van der Waals surface area contributed by atoms with Gasteiger partial charge in [-0.3, -0.25) is 9.59 Å². The second kappa shape index (κ2) is 42.1. The normalized spacial score (nSPS) is 12.9. The molecule has 52 heavy (non-hydrogen) atoms. The number of nitrogens with one attached hydrogen (secondary N) is 1. The summed E-state index contributed by atoms with van der Waals surface area (Å²) in [7, 11) is 0. The predicted octanol–water partition coefficient (Wildman–Crippen LogP) is 12.8. The number of ether oxygens (including phenoxy) is 1. The first kappa shape index (κ1) is 50.3. The molecule has 0 spiro atoms. The molecule has 0 saturated carbocycles. The van der Waals surface area contributed by atoms with Gasteiger partial charge in [0.1, 0.15) is 0 Å². The number of hydrogen-bond donors (Lipinski definition) is 3. The van der Waals surface area contributed by atoms with Crippen LogP contribution in [0.15, 0.2) is 24.3 Å². The second-order valence-corrected chi connectivity index (χ2v) is 15.4. The fraction of sp³-hybridized carbons (Fsp3) is 0.870. The van der Waals surface area contributed by atoms with Crippen LogP contribution < -0.4 is 5.32 Å². The molecule has 0 rings (SSSR count). The number of hydrogen-bond acceptors (Lipinski definition) is 5. The van der Waals surface area contributed by atoms with Gasteiger partial charge in [0, 0.05) is 12.8 Å². The molecule has 0 aromatic rings. The Morgan fingerprint density at radius 1 is 0.538 bits per heavy atom. The Morgan fingerprint density at radius 3 is 1.50 bits per heavy atom. The van der Waals surface area contributed by atoms with Gasteiger partial charge in [0.25, 0.3) is 0 Å². The summed E-state index contributed by atoms with van der Waals surface area (Å²) in [5.74, 6) is -0.135. The van der Waals surface area contributed by atoms with E-state index in [-0.39, 0.29) is 18.5 Å². The van der Waals surface area contributed by atoms with Crippen molar-refractivity contribution in [3.8, 4) is 0 Å². The summed E-state index contributed by atoms with van der Waals surface area (Å²) >= 11 is 0. The van der Waals surface area contributed by atoms with E-state index >= 15 is 0 Å². The van der Waals surface area contributed by atoms with Crippen molar-refractivity contribution >= 4 is 11.9 Å². The molecule has 6 heteroatoms. The highest BCUT2D eigenvalue weighted by atomic mass is 16.5. The fourth-order valence-electron chi connectivity index (χ4n) is 6.75. The first-order valence-electron chi connectivity index (χ1n) is 22.6. The van der Waals surface area contributed by atoms with Gasteiger partial charge in [-0.15, -0.1) is 0 Å². The summed E-state index contributed by atoms with van der Waals surface area (Å²) in [6.07, 6.45) is 47.2. The van der Waals surface area contributed by atoms with Crippen molar-refractivity contribution in [1.82, 2.24) is 5.32 Å². The van der Waals surface area contributed by atoms with E-state index < -0.39 is 12.1 Å². The first-order valence-corrected chi connectivity index (χ1v) is 22.6. The number of unbranched alkanes of at least 4 members (excludes halogenated alkanes) is 26. The predicted molar refractivity (Wildman–Crippen MR) is 223 cm³/mol. The molecule has 0 heterocycles. The molecule has 0 radical (unpaired) electrons. The third kappa shape index (κ3) is 38.1. The van der Waals surface area contributed by atoms with Gasteiger partial charge in [0.2, 0.25) is 5.91 Å². The van der Waals surface area contributed by atoms with Crippen LogP contribution in [0, 0.1) is 0 Å². The number of aliphatic hydroxyl groups is 2. The van der Waals surface area contributed by atoms with Crippen LogP contribution in [0.4, 0.5) is 0 Å². The summed E-state index contributed by atoms with van der Waals surface area (Å²) in [5, 5.41) is 22.9. The number of esters is 1. The van der Waals surface area contributed by atoms with Gasteiger partial charge >= 0.3 is 5.97 Å². The summed E-state index contributed by atoms with van der Waals surface area (Å²) < 4.78 is 5.43. The summed E-state index contributed by atoms with van der Waals surface area (Å²) in [4.78, 5) is 24.3. The molecule has 0 aromatic carbocycles. The van der Waals surface area contributed by atoms with Crippen molar-refractivity contribution in [2.45, 2.75) is 244 Å². The van der Waals surface area contributed by atoms with E-state index in [4.69, 9.17) is 4.74 Å². The Labute approximate surface area is 322 Å². The standard InChI is InChI=1S/C46H87NO5/c1-3-5-7-9-11-13-14-16-20-24-28-32-36-40-46(51)52-41-37-33-29-25-21-18-15-17-19-23-27-31-35-39-45(50)47-43(42-48)44(49)38-34-30-26-22-12-10-8-6-4-2/h17,19,27,31,43-44,48-49H,3-16,18,20-26,28-30,32-42H2,1-2H3,(H,47,50)/b19-17-,31-27-. The van der Waals surface area contributed by atoms with Crippen molar-refractivity contribution in [3.63, 3.8) is 0 Å². The van der Waals surface area contributed by atoms with Gasteiger partial charge < -0.3 is 20.3 Å². The molecular weight excluding hydrogens is 647 g/mol. The van der Waals surface area contributed by atoms with E-state index in [2.05, 4.69) is 37.4 Å². The lowest BCUT2D eigenvalue weighted by Gasteiger charge is -2.22. The zero-order valence-electron chi connectivity index (χ0n) is 34.5. The molecule has 0 aliphatic heterocycles. The number of amides is 1. The van der Waals surface area contributed by atoms with Crippen LogP contribution in [-0.4, -0.2) is 47.4 Å². The van der Waals surface area contributed by atoms with Crippen LogP contribution in [0.1, 0.15) is 232 Å². The van der Waals surface area contributed by atoms with Crippen LogP contribution in [0.5, 0.6) is 0 Å². The van der Waals surface area contributed by atoms with Gasteiger partial charge in [-0.05, 0) is 44.9 Å². The third-order valence-electron chi connectivity index (χ3n) is 10.3. The molecule has 0 aliphatic carbocycles. The molecule has 0 aromatic heterocycles. The molecule has 0 aliphatic rings. The highest BCUT2D eigenvalue weighted by Crippen LogP contribution is 2.15. The molecular formula is C46H87NO5. The Bertz CT molecular complexity index is 813. The topological polar surface area (TPSA) is 95.9 Å². The van der Waals surface area contributed by atoms with E-state index in [1.165, 1.54) is 141 Å². The Morgan fingerprint density at radius 2 is 0.981 bits per heavy atom. The quantitative estimate of drug-likeness (QED) is 0.0330. The van der Waals surface area contributed by atoms with Crippen molar-refractivity contribution in [1.29, 1.82) is 0 Å². The maximum absolute atomic E-state index is 12.3. The van der Waals surface area contributed by atoms with E-state index in [1.54, 1.807) is 0 Å². The maximum Gasteiger partial charge on any atom is 0.305 e. The molecule has 306 valence electrons. The van der Waals surface area contributed by atoms with Crippen LogP contribution in [0.25, 0.3) is 0 Å². The summed E-state index contributed by atoms with van der Waals surface area (Å²) in [6, 6.07) is -0.582. The van der Waals surface area contributed by atoms with Gasteiger partial charge in [-0.1, -0.05) is 199 Å². The zero-order chi connectivity index (χ0) is 38.0. The maximum atomic E-state index is 12.3. The van der Waals surface area contributed by atoms with Crippen LogP contribution in [0.2, 0.25) is 0 Å². The van der Waals surface area contributed by atoms with E-state index in [0.29, 0.717) is 32.3 Å². The largest absolute Gasteiger partial charge is 0.466 e. The highest BCUT2D eigenvalue weighted by molar-refractivity contribution is 5.76. The zero-order valence-corrected chi connectivity index (χ0v) is 34.5. The summed E-state index contributed by atoms with van der Waals surface area (Å²) in [5.41, 5.74) is 0. The van der Waals surface area contributed by atoms with Crippen molar-refractivity contribution in [3.05, 3.63) is 24.3 Å². The number of carbonyl (C=O) groups is 2. The molecule has 6 nitrogen and oxygen atoms in total. The highest BCUT2D eigenvalue weighted by Gasteiger charge is 2.19. The van der Waals surface area contributed by atoms with E-state index in [9.17, 15) is 19.8 Å². The number of aliphatic hydroxyl groups excluding tert-OH is 2. The molecule has 2 atom stereocenters. The van der Waals surface area contributed by atoms with Crippen molar-refractivity contribution < 1.29 is 24.5 Å². The lowest BCUT2D eigenvalue weighted by molar-refractivity contribution is -0.143. The lowest BCUT2D eigenvalue weighted by atomic mass is 10.0. The molecule has 0 bridgehead atoms. The van der Waals surface area contributed by atoms with Crippen LogP contribution in [0.3, 0.4) is 0 Å². The van der Waals surface area contributed by atoms with Crippen LogP contribution in [-0.2, 0) is 14.3 Å². The second-order valence-electron chi connectivity index (χ2n) is 15.4. The van der Waals surface area contributed by atoms with Crippen LogP contribution >= 0.6 is 0 Å². The minimum Gasteiger partial charge on any atom is -0.466 e. The fourth-order valence-corrected chi connectivity index (χ4v) is 6.75. The number of rotatable bonds is 41. The van der Waals surface area contributed by atoms with E-state index in [1.807, 2.05) is 6.08 Å². The SMILES string of the molecule is CCCCCCCCCCCCCCCC(=O)OCCCCCCCC/C=C\C/C=C\CCC(=O)NC(CO)C(O)CCCCCCCCCCC. The van der Waals surface area contributed by atoms with E-state index in [0.717, 1.165) is 51.4 Å². The van der Waals surface area contributed by atoms with Gasteiger partial charge in [0.15, 0.2) is 0 Å². The first-order chi connectivity index (χ1) is 25.5. The summed E-state index contributed by atoms with van der Waals surface area (Å²) in [6.45, 7) is 4.85. The average molecular weight is 734 g/mol. The molecule has 1 amide bonds. The third-order valence-corrected chi connectivity index (χ3v) is 10.3. The molecule has 3 N–H and O–H groups in total. The molecule has 0 saturated heterocycles. The Balaban J connectivity index is 3.54. The minimum atomic E-state index is -0.695. The number of allylic oxidation sites excluding steroid dienone is 4. The molecule has 2 unspecified atom stereocenters. The average Bonchev–Trinajstić information content (AvgIpc) is 3.14. The Hall–Kier alpha value is -1.66. The number of carbonyl (C=O) groups excluding carboxylic acids is 2. The molecule has 0 fully saturated rings. The monoisotopic (exact) mass is 734 g/mol. The van der Waals surface area contributed by atoms with Gasteiger partial charge in [-0.2, -0.15) is 0 Å².